The van der Waals surface area contributed by atoms with E-state index in [4.69, 9.17) is 4.74 Å². The van der Waals surface area contributed by atoms with Gasteiger partial charge in [0, 0.05) is 11.9 Å². The number of nitrogens with one attached hydrogen (secondary N) is 1. The number of ether oxygens (including phenoxy) is 1. The van der Waals surface area contributed by atoms with E-state index in [1.807, 2.05) is 0 Å². The van der Waals surface area contributed by atoms with Gasteiger partial charge < -0.3 is 10.1 Å². The van der Waals surface area contributed by atoms with Gasteiger partial charge in [-0.1, -0.05) is 18.2 Å². The molecule has 6 heteroatoms. The van der Waals surface area contributed by atoms with Crippen LogP contribution in [0.3, 0.4) is 0 Å². The predicted molar refractivity (Wildman–Crippen MR) is 81.0 cm³/mol. The van der Waals surface area contributed by atoms with Gasteiger partial charge in [-0.05, 0) is 24.6 Å². The van der Waals surface area contributed by atoms with E-state index in [1.165, 1.54) is 23.5 Å². The molecule has 0 saturated heterocycles. The van der Waals surface area contributed by atoms with E-state index >= 15 is 0 Å². The van der Waals surface area contributed by atoms with E-state index < -0.39 is 12.1 Å². The Morgan fingerprint density at radius 3 is 2.90 bits per heavy atom. The Morgan fingerprint density at radius 2 is 2.24 bits per heavy atom. The van der Waals surface area contributed by atoms with E-state index in [0.29, 0.717) is 11.7 Å². The van der Waals surface area contributed by atoms with Crippen molar-refractivity contribution in [2.45, 2.75) is 13.0 Å². The zero-order valence-corrected chi connectivity index (χ0v) is 12.3. The van der Waals surface area contributed by atoms with E-state index in [2.05, 4.69) is 16.9 Å². The molecule has 0 aliphatic rings. The molecule has 1 unspecified atom stereocenters. The first kappa shape index (κ1) is 15.2. The summed E-state index contributed by atoms with van der Waals surface area (Å²) in [4.78, 5) is 16.1. The molecule has 2 aromatic rings. The van der Waals surface area contributed by atoms with Crippen LogP contribution in [0.5, 0.6) is 0 Å². The van der Waals surface area contributed by atoms with Gasteiger partial charge in [0.15, 0.2) is 10.8 Å². The number of carbonyl (C=O) groups excluding carboxylic acids is 1. The van der Waals surface area contributed by atoms with Crippen molar-refractivity contribution in [3.05, 3.63) is 59.4 Å². The molecule has 1 atom stereocenters. The molecule has 0 spiro atoms. The lowest BCUT2D eigenvalue weighted by atomic mass is 10.1. The maximum Gasteiger partial charge on any atom is 0.358 e. The number of thiazole rings is 1. The summed E-state index contributed by atoms with van der Waals surface area (Å²) in [7, 11) is 0. The van der Waals surface area contributed by atoms with Gasteiger partial charge in [0.25, 0.3) is 0 Å². The number of halogens is 1. The van der Waals surface area contributed by atoms with Crippen LogP contribution < -0.4 is 5.32 Å². The molecule has 1 heterocycles. The van der Waals surface area contributed by atoms with Crippen LogP contribution in [0.4, 0.5) is 9.52 Å². The summed E-state index contributed by atoms with van der Waals surface area (Å²) < 4.78 is 18.2. The minimum absolute atomic E-state index is 0.250. The zero-order chi connectivity index (χ0) is 15.2. The number of hydrogen-bond donors (Lipinski definition) is 1. The second-order valence-corrected chi connectivity index (χ2v) is 5.16. The first-order valence-corrected chi connectivity index (χ1v) is 7.25. The quantitative estimate of drug-likeness (QED) is 0.651. The summed E-state index contributed by atoms with van der Waals surface area (Å²) in [6.45, 7) is 5.90. The zero-order valence-electron chi connectivity index (χ0n) is 11.5. The number of nitrogens with zero attached hydrogens (tertiary/aromatic N) is 1. The number of aromatic nitrogens is 1. The molecule has 0 fully saturated rings. The van der Waals surface area contributed by atoms with Gasteiger partial charge in [0.05, 0.1) is 0 Å². The van der Waals surface area contributed by atoms with Gasteiger partial charge in [0.1, 0.15) is 11.9 Å². The fourth-order valence-electron chi connectivity index (χ4n) is 1.63. The molecular formula is C15H15FN2O2S. The van der Waals surface area contributed by atoms with Gasteiger partial charge in [-0.2, -0.15) is 0 Å². The number of esters is 1. The first-order chi connectivity index (χ1) is 10.1. The van der Waals surface area contributed by atoms with Gasteiger partial charge in [0.2, 0.25) is 0 Å². The molecule has 0 amide bonds. The Labute approximate surface area is 126 Å². The highest BCUT2D eigenvalue weighted by Crippen LogP contribution is 2.21. The van der Waals surface area contributed by atoms with Gasteiger partial charge >= 0.3 is 5.97 Å². The maximum atomic E-state index is 12.9. The van der Waals surface area contributed by atoms with Crippen molar-refractivity contribution in [1.82, 2.24) is 4.98 Å². The topological polar surface area (TPSA) is 51.2 Å². The highest BCUT2D eigenvalue weighted by molar-refractivity contribution is 7.13. The fraction of sp³-hybridized carbons (Fsp3) is 0.200. The number of carbonyl (C=O) groups is 1. The van der Waals surface area contributed by atoms with E-state index in [9.17, 15) is 9.18 Å². The number of rotatable bonds is 6. The van der Waals surface area contributed by atoms with Crippen molar-refractivity contribution >= 4 is 22.4 Å². The van der Waals surface area contributed by atoms with Crippen LogP contribution in [0, 0.1) is 5.82 Å². The molecule has 110 valence electrons. The average molecular weight is 306 g/mol. The van der Waals surface area contributed by atoms with Crippen molar-refractivity contribution in [2.24, 2.45) is 0 Å². The van der Waals surface area contributed by atoms with Crippen LogP contribution in [0.1, 0.15) is 29.1 Å². The lowest BCUT2D eigenvalue weighted by Gasteiger charge is -2.12. The Hall–Kier alpha value is -2.21. The first-order valence-electron chi connectivity index (χ1n) is 6.37. The van der Waals surface area contributed by atoms with Gasteiger partial charge in [-0.3, -0.25) is 0 Å². The summed E-state index contributed by atoms with van der Waals surface area (Å²) >= 11 is 1.32. The molecule has 1 aromatic heterocycles. The predicted octanol–water partition coefficient (Wildman–Crippen LogP) is 3.80. The third kappa shape index (κ3) is 4.13. The van der Waals surface area contributed by atoms with Crippen LogP contribution in [-0.2, 0) is 4.74 Å². The van der Waals surface area contributed by atoms with Crippen LogP contribution in [-0.4, -0.2) is 17.5 Å². The van der Waals surface area contributed by atoms with E-state index in [1.54, 1.807) is 30.5 Å². The number of anilines is 1. The van der Waals surface area contributed by atoms with Gasteiger partial charge in [-0.15, -0.1) is 17.9 Å². The second-order valence-electron chi connectivity index (χ2n) is 4.31. The standard InChI is InChI=1S/C15H15FN2O2S/c1-3-8-17-15-18-13(9-21-15)14(19)20-10(2)11-4-6-12(16)7-5-11/h3-7,9-10H,1,8H2,2H3,(H,17,18). The van der Waals surface area contributed by atoms with Crippen LogP contribution in [0.25, 0.3) is 0 Å². The van der Waals surface area contributed by atoms with Crippen molar-refractivity contribution in [3.8, 4) is 0 Å². The molecule has 21 heavy (non-hydrogen) atoms. The molecule has 4 nitrogen and oxygen atoms in total. The summed E-state index contributed by atoms with van der Waals surface area (Å²) in [5, 5.41) is 5.27. The molecule has 0 aliphatic heterocycles. The second kappa shape index (κ2) is 6.99. The van der Waals surface area contributed by atoms with Crippen molar-refractivity contribution < 1.29 is 13.9 Å². The largest absolute Gasteiger partial charge is 0.453 e. The van der Waals surface area contributed by atoms with Crippen LogP contribution in [0.15, 0.2) is 42.3 Å². The molecule has 2 rings (SSSR count). The molecule has 0 saturated carbocycles. The van der Waals surface area contributed by atoms with Crippen molar-refractivity contribution in [2.75, 3.05) is 11.9 Å². The summed E-state index contributed by atoms with van der Waals surface area (Å²) in [6, 6.07) is 5.84. The monoisotopic (exact) mass is 306 g/mol. The van der Waals surface area contributed by atoms with E-state index in [0.717, 1.165) is 5.56 Å². The Kier molecular flexibility index (Phi) is 5.05. The van der Waals surface area contributed by atoms with Crippen molar-refractivity contribution in [3.63, 3.8) is 0 Å². The summed E-state index contributed by atoms with van der Waals surface area (Å²) in [5.74, 6) is -0.829. The summed E-state index contributed by atoms with van der Waals surface area (Å²) in [5.41, 5.74) is 0.977. The lowest BCUT2D eigenvalue weighted by molar-refractivity contribution is 0.0332. The van der Waals surface area contributed by atoms with Gasteiger partial charge in [-0.25, -0.2) is 14.2 Å². The molecule has 0 aliphatic carbocycles. The molecule has 1 aromatic carbocycles. The Bertz CT molecular complexity index is 625. The average Bonchev–Trinajstić information content (AvgIpc) is 2.94. The lowest BCUT2D eigenvalue weighted by Crippen LogP contribution is -2.10. The summed E-state index contributed by atoms with van der Waals surface area (Å²) in [6.07, 6.45) is 1.24. The SMILES string of the molecule is C=CCNc1nc(C(=O)OC(C)c2ccc(F)cc2)cs1. The Balaban J connectivity index is 1.98. The normalized spacial score (nSPS) is 11.7. The van der Waals surface area contributed by atoms with E-state index in [-0.39, 0.29) is 11.5 Å². The minimum atomic E-state index is -0.505. The minimum Gasteiger partial charge on any atom is -0.453 e. The third-order valence-electron chi connectivity index (χ3n) is 2.73. The van der Waals surface area contributed by atoms with Crippen LogP contribution >= 0.6 is 11.3 Å². The maximum absolute atomic E-state index is 12.9. The number of benzene rings is 1. The molecule has 0 radical (unpaired) electrons. The third-order valence-corrected chi connectivity index (χ3v) is 3.53. The molecular weight excluding hydrogens is 291 g/mol. The highest BCUT2D eigenvalue weighted by Gasteiger charge is 2.16. The molecule has 1 N–H and O–H groups in total. The molecule has 0 bridgehead atoms. The number of hydrogen-bond acceptors (Lipinski definition) is 5. The Morgan fingerprint density at radius 1 is 1.52 bits per heavy atom. The van der Waals surface area contributed by atoms with Crippen molar-refractivity contribution in [1.29, 1.82) is 0 Å². The fourth-order valence-corrected chi connectivity index (χ4v) is 2.32. The van der Waals surface area contributed by atoms with Crippen LogP contribution in [0.2, 0.25) is 0 Å². The highest BCUT2D eigenvalue weighted by atomic mass is 32.1. The smallest absolute Gasteiger partial charge is 0.358 e.